The molecule has 0 aliphatic heterocycles. The minimum Gasteiger partial charge on any atom is -0.490 e. The van der Waals surface area contributed by atoms with Crippen LogP contribution in [-0.2, 0) is 6.42 Å². The Hall–Kier alpha value is -1.93. The number of halogens is 1. The zero-order valence-corrected chi connectivity index (χ0v) is 11.6. The second-order valence-electron chi connectivity index (χ2n) is 4.74. The molecule has 0 unspecified atom stereocenters. The van der Waals surface area contributed by atoms with Crippen LogP contribution < -0.4 is 4.74 Å². The van der Waals surface area contributed by atoms with Gasteiger partial charge in [0.2, 0.25) is 0 Å². The maximum absolute atomic E-state index is 13.4. The summed E-state index contributed by atoms with van der Waals surface area (Å²) in [6.45, 7) is 0.365. The molecular weight excluding hydrogens is 275 g/mol. The van der Waals surface area contributed by atoms with Gasteiger partial charge in [-0.05, 0) is 25.0 Å². The van der Waals surface area contributed by atoms with E-state index in [0.29, 0.717) is 23.8 Å². The van der Waals surface area contributed by atoms with Gasteiger partial charge in [0.05, 0.1) is 17.3 Å². The quantitative estimate of drug-likeness (QED) is 0.843. The second kappa shape index (κ2) is 5.59. The lowest BCUT2D eigenvalue weighted by atomic mass is 10.2. The Balaban J connectivity index is 1.62. The third-order valence-corrected chi connectivity index (χ3v) is 4.21. The Bertz CT molecular complexity index is 658. The van der Waals surface area contributed by atoms with Crippen LogP contribution in [-0.4, -0.2) is 11.6 Å². The minimum absolute atomic E-state index is 0.256. The summed E-state index contributed by atoms with van der Waals surface area (Å²) in [5, 5.41) is 9.98. The molecule has 0 N–H and O–H groups in total. The van der Waals surface area contributed by atoms with Gasteiger partial charge in [-0.25, -0.2) is 9.37 Å². The van der Waals surface area contributed by atoms with Crippen molar-refractivity contribution in [2.45, 2.75) is 25.2 Å². The highest BCUT2D eigenvalue weighted by atomic mass is 32.1. The van der Waals surface area contributed by atoms with E-state index >= 15 is 0 Å². The van der Waals surface area contributed by atoms with Crippen LogP contribution in [0.4, 0.5) is 4.39 Å². The highest BCUT2D eigenvalue weighted by Gasteiger charge is 2.29. The van der Waals surface area contributed by atoms with Crippen molar-refractivity contribution in [3.63, 3.8) is 0 Å². The molecule has 0 spiro atoms. The van der Waals surface area contributed by atoms with Gasteiger partial charge in [-0.3, -0.25) is 0 Å². The number of hydrogen-bond acceptors (Lipinski definition) is 4. The minimum atomic E-state index is -0.358. The fourth-order valence-corrected chi connectivity index (χ4v) is 2.94. The maximum atomic E-state index is 13.4. The molecule has 3 nitrogen and oxygen atoms in total. The molecule has 3 rings (SSSR count). The van der Waals surface area contributed by atoms with E-state index in [2.05, 4.69) is 11.1 Å². The second-order valence-corrected chi connectivity index (χ2v) is 5.82. The van der Waals surface area contributed by atoms with Crippen LogP contribution in [0.15, 0.2) is 24.3 Å². The zero-order chi connectivity index (χ0) is 13.9. The predicted molar refractivity (Wildman–Crippen MR) is 74.4 cm³/mol. The molecule has 20 heavy (non-hydrogen) atoms. The largest absolute Gasteiger partial charge is 0.490 e. The van der Waals surface area contributed by atoms with Crippen LogP contribution >= 0.6 is 11.3 Å². The number of rotatable bonds is 5. The van der Waals surface area contributed by atoms with Crippen molar-refractivity contribution in [1.29, 1.82) is 5.26 Å². The smallest absolute Gasteiger partial charge is 0.165 e. The van der Waals surface area contributed by atoms with E-state index in [1.54, 1.807) is 18.2 Å². The standard InChI is InChI=1S/C15H13FN2OS/c16-11-3-1-2-4-12(11)19-8-7-14-18-15(10-5-6-10)13(9-17)20-14/h1-4,10H,5-8H2. The Morgan fingerprint density at radius 1 is 1.40 bits per heavy atom. The lowest BCUT2D eigenvalue weighted by molar-refractivity contribution is 0.305. The first-order chi connectivity index (χ1) is 9.78. The molecule has 1 aliphatic carbocycles. The van der Waals surface area contributed by atoms with Gasteiger partial charge in [-0.15, -0.1) is 11.3 Å². The first-order valence-corrected chi connectivity index (χ1v) is 7.36. The fraction of sp³-hybridized carbons (Fsp3) is 0.333. The molecule has 5 heteroatoms. The predicted octanol–water partition coefficient (Wildman–Crippen LogP) is 3.65. The monoisotopic (exact) mass is 288 g/mol. The Morgan fingerprint density at radius 2 is 2.20 bits per heavy atom. The lowest BCUT2D eigenvalue weighted by Gasteiger charge is -2.05. The number of thiazole rings is 1. The SMILES string of the molecule is N#Cc1sc(CCOc2ccccc2F)nc1C1CC1. The van der Waals surface area contributed by atoms with E-state index in [9.17, 15) is 4.39 Å². The third kappa shape index (κ3) is 2.81. The number of para-hydroxylation sites is 1. The molecule has 102 valence electrons. The molecule has 0 saturated heterocycles. The van der Waals surface area contributed by atoms with Crippen molar-refractivity contribution < 1.29 is 9.13 Å². The van der Waals surface area contributed by atoms with Gasteiger partial charge < -0.3 is 4.74 Å². The van der Waals surface area contributed by atoms with Crippen LogP contribution in [0, 0.1) is 17.1 Å². The molecule has 0 atom stereocenters. The normalized spacial score (nSPS) is 14.0. The van der Waals surface area contributed by atoms with Crippen molar-refractivity contribution in [3.05, 3.63) is 45.7 Å². The van der Waals surface area contributed by atoms with Crippen molar-refractivity contribution in [1.82, 2.24) is 4.98 Å². The van der Waals surface area contributed by atoms with Crippen LogP contribution in [0.5, 0.6) is 5.75 Å². The Morgan fingerprint density at radius 3 is 2.90 bits per heavy atom. The third-order valence-electron chi connectivity index (χ3n) is 3.17. The lowest BCUT2D eigenvalue weighted by Crippen LogP contribution is -2.02. The number of ether oxygens (including phenoxy) is 1. The van der Waals surface area contributed by atoms with E-state index in [4.69, 9.17) is 10.00 Å². The molecule has 1 aromatic carbocycles. The average Bonchev–Trinajstić information content (AvgIpc) is 3.22. The zero-order valence-electron chi connectivity index (χ0n) is 10.8. The molecule has 0 amide bonds. The number of benzene rings is 1. The van der Waals surface area contributed by atoms with E-state index in [-0.39, 0.29) is 11.6 Å². The molecule has 0 bridgehead atoms. The van der Waals surface area contributed by atoms with Gasteiger partial charge in [0.15, 0.2) is 11.6 Å². The Labute approximate surface area is 120 Å². The topological polar surface area (TPSA) is 45.9 Å². The molecule has 2 aromatic rings. The van der Waals surface area contributed by atoms with Crippen LogP contribution in [0.2, 0.25) is 0 Å². The van der Waals surface area contributed by atoms with Crippen molar-refractivity contribution >= 4 is 11.3 Å². The number of aromatic nitrogens is 1. The molecule has 1 heterocycles. The van der Waals surface area contributed by atoms with Gasteiger partial charge in [-0.1, -0.05) is 12.1 Å². The van der Waals surface area contributed by atoms with Gasteiger partial charge in [0.25, 0.3) is 0 Å². The number of nitriles is 1. The van der Waals surface area contributed by atoms with Gasteiger partial charge >= 0.3 is 0 Å². The van der Waals surface area contributed by atoms with Crippen molar-refractivity contribution in [2.24, 2.45) is 0 Å². The number of hydrogen-bond donors (Lipinski definition) is 0. The van der Waals surface area contributed by atoms with E-state index in [1.807, 2.05) is 0 Å². The van der Waals surface area contributed by atoms with E-state index in [0.717, 1.165) is 23.5 Å². The first-order valence-electron chi connectivity index (χ1n) is 6.55. The molecule has 1 saturated carbocycles. The summed E-state index contributed by atoms with van der Waals surface area (Å²) in [6.07, 6.45) is 2.85. The highest BCUT2D eigenvalue weighted by Crippen LogP contribution is 2.42. The fourth-order valence-electron chi connectivity index (χ4n) is 2.01. The van der Waals surface area contributed by atoms with Crippen LogP contribution in [0.3, 0.4) is 0 Å². The van der Waals surface area contributed by atoms with E-state index in [1.165, 1.54) is 17.4 Å². The van der Waals surface area contributed by atoms with Crippen LogP contribution in [0.1, 0.15) is 34.3 Å². The molecule has 0 radical (unpaired) electrons. The summed E-state index contributed by atoms with van der Waals surface area (Å²) in [6, 6.07) is 8.55. The highest BCUT2D eigenvalue weighted by molar-refractivity contribution is 7.12. The van der Waals surface area contributed by atoms with Gasteiger partial charge in [-0.2, -0.15) is 5.26 Å². The summed E-state index contributed by atoms with van der Waals surface area (Å²) in [4.78, 5) is 5.24. The summed E-state index contributed by atoms with van der Waals surface area (Å²) >= 11 is 1.42. The summed E-state index contributed by atoms with van der Waals surface area (Å²) in [5.41, 5.74) is 0.943. The Kier molecular flexibility index (Phi) is 3.66. The maximum Gasteiger partial charge on any atom is 0.165 e. The van der Waals surface area contributed by atoms with Crippen molar-refractivity contribution in [3.8, 4) is 11.8 Å². The summed E-state index contributed by atoms with van der Waals surface area (Å²) in [7, 11) is 0. The molecular formula is C15H13FN2OS. The summed E-state index contributed by atoms with van der Waals surface area (Å²) in [5.74, 6) is 0.372. The molecule has 1 aliphatic rings. The van der Waals surface area contributed by atoms with E-state index < -0.39 is 0 Å². The van der Waals surface area contributed by atoms with Crippen LogP contribution in [0.25, 0.3) is 0 Å². The summed E-state index contributed by atoms with van der Waals surface area (Å²) < 4.78 is 18.8. The van der Waals surface area contributed by atoms with Gasteiger partial charge in [0.1, 0.15) is 10.9 Å². The molecule has 1 aromatic heterocycles. The average molecular weight is 288 g/mol. The van der Waals surface area contributed by atoms with Gasteiger partial charge in [0, 0.05) is 12.3 Å². The number of nitrogens with zero attached hydrogens (tertiary/aromatic N) is 2. The first kappa shape index (κ1) is 13.1. The molecule has 1 fully saturated rings. The van der Waals surface area contributed by atoms with Crippen molar-refractivity contribution in [2.75, 3.05) is 6.61 Å².